The van der Waals surface area contributed by atoms with Gasteiger partial charge < -0.3 is 10.1 Å². The van der Waals surface area contributed by atoms with Gasteiger partial charge in [0.2, 0.25) is 0 Å². The van der Waals surface area contributed by atoms with Crippen LogP contribution in [0.5, 0.6) is 0 Å². The lowest BCUT2D eigenvalue weighted by molar-refractivity contribution is -0.123. The van der Waals surface area contributed by atoms with Gasteiger partial charge in [0.1, 0.15) is 11.5 Å². The minimum absolute atomic E-state index is 0.0121. The number of ether oxygens (including phenoxy) is 1. The van der Waals surface area contributed by atoms with Crippen LogP contribution in [0.25, 0.3) is 0 Å². The van der Waals surface area contributed by atoms with Crippen LogP contribution in [0.4, 0.5) is 10.1 Å². The number of hydrogen-bond donors (Lipinski definition) is 1. The van der Waals surface area contributed by atoms with Crippen LogP contribution < -0.4 is 5.32 Å². The van der Waals surface area contributed by atoms with Gasteiger partial charge in [-0.05, 0) is 37.3 Å². The first-order chi connectivity index (χ1) is 10.9. The van der Waals surface area contributed by atoms with Crippen molar-refractivity contribution in [1.29, 1.82) is 0 Å². The largest absolute Gasteiger partial charge is 0.448 e. The molecular formula is C15H11BrClFN2O3. The molecule has 0 unspecified atom stereocenters. The summed E-state index contributed by atoms with van der Waals surface area (Å²) >= 11 is 8.87. The Balaban J connectivity index is 2.01. The Morgan fingerprint density at radius 1 is 1.35 bits per heavy atom. The number of hydrogen-bond acceptors (Lipinski definition) is 4. The molecule has 2 aromatic rings. The molecule has 1 atom stereocenters. The van der Waals surface area contributed by atoms with Gasteiger partial charge in [-0.2, -0.15) is 0 Å². The zero-order valence-electron chi connectivity index (χ0n) is 11.8. The molecule has 1 heterocycles. The first kappa shape index (κ1) is 17.4. The number of pyridine rings is 1. The highest BCUT2D eigenvalue weighted by molar-refractivity contribution is 9.10. The van der Waals surface area contributed by atoms with Crippen molar-refractivity contribution in [1.82, 2.24) is 4.98 Å². The number of aromatic nitrogens is 1. The molecule has 0 aliphatic rings. The molecule has 1 amide bonds. The number of esters is 1. The number of carbonyl (C=O) groups excluding carboxylic acids is 2. The number of nitrogens with zero attached hydrogens (tertiary/aromatic N) is 1. The van der Waals surface area contributed by atoms with E-state index in [-0.39, 0.29) is 11.4 Å². The van der Waals surface area contributed by atoms with E-state index in [1.54, 1.807) is 6.07 Å². The summed E-state index contributed by atoms with van der Waals surface area (Å²) in [6.07, 6.45) is 0.215. The SMILES string of the molecule is C[C@H](OC(=O)c1cc(Cl)ccn1)C(=O)Nc1ccc(Br)cc1F. The Kier molecular flexibility index (Phi) is 5.68. The van der Waals surface area contributed by atoms with Crippen LogP contribution in [0.3, 0.4) is 0 Å². The first-order valence-corrected chi connectivity index (χ1v) is 7.62. The molecule has 5 nitrogen and oxygen atoms in total. The Bertz CT molecular complexity index is 757. The van der Waals surface area contributed by atoms with E-state index in [1.807, 2.05) is 0 Å². The van der Waals surface area contributed by atoms with Gasteiger partial charge in [-0.15, -0.1) is 0 Å². The molecule has 0 radical (unpaired) electrons. The standard InChI is InChI=1S/C15H11BrClFN2O3/c1-8(23-15(22)13-7-10(17)4-5-19-13)14(21)20-12-3-2-9(16)6-11(12)18/h2-8H,1H3,(H,20,21)/t8-/m0/s1. The van der Waals surface area contributed by atoms with Crippen LogP contribution in [-0.4, -0.2) is 23.0 Å². The molecule has 8 heteroatoms. The molecular weight excluding hydrogens is 391 g/mol. The lowest BCUT2D eigenvalue weighted by atomic mass is 10.3. The predicted molar refractivity (Wildman–Crippen MR) is 86.9 cm³/mol. The van der Waals surface area contributed by atoms with Gasteiger partial charge in [0, 0.05) is 15.7 Å². The van der Waals surface area contributed by atoms with Crippen molar-refractivity contribution in [2.24, 2.45) is 0 Å². The lowest BCUT2D eigenvalue weighted by Crippen LogP contribution is -2.30. The van der Waals surface area contributed by atoms with Gasteiger partial charge in [0.25, 0.3) is 5.91 Å². The summed E-state index contributed by atoms with van der Waals surface area (Å²) < 4.78 is 19.2. The maximum atomic E-state index is 13.7. The van der Waals surface area contributed by atoms with Crippen molar-refractivity contribution in [3.05, 3.63) is 57.5 Å². The average Bonchev–Trinajstić information content (AvgIpc) is 2.49. The zero-order valence-corrected chi connectivity index (χ0v) is 14.2. The summed E-state index contributed by atoms with van der Waals surface area (Å²) in [5.41, 5.74) is -0.0334. The van der Waals surface area contributed by atoms with Gasteiger partial charge in [0.15, 0.2) is 6.10 Å². The Morgan fingerprint density at radius 3 is 2.74 bits per heavy atom. The van der Waals surface area contributed by atoms with E-state index in [1.165, 1.54) is 37.4 Å². The van der Waals surface area contributed by atoms with Crippen LogP contribution in [0.2, 0.25) is 5.02 Å². The molecule has 120 valence electrons. The predicted octanol–water partition coefficient (Wildman–Crippen LogP) is 3.82. The van der Waals surface area contributed by atoms with Crippen LogP contribution >= 0.6 is 27.5 Å². The molecule has 0 saturated heterocycles. The normalized spacial score (nSPS) is 11.7. The summed E-state index contributed by atoms with van der Waals surface area (Å²) in [7, 11) is 0. The summed E-state index contributed by atoms with van der Waals surface area (Å²) in [4.78, 5) is 27.6. The molecule has 0 aliphatic heterocycles. The highest BCUT2D eigenvalue weighted by Gasteiger charge is 2.21. The number of halogens is 3. The third-order valence-corrected chi connectivity index (χ3v) is 3.50. The van der Waals surface area contributed by atoms with Crippen molar-refractivity contribution in [2.75, 3.05) is 5.32 Å². The molecule has 0 fully saturated rings. The van der Waals surface area contributed by atoms with E-state index < -0.39 is 23.8 Å². The van der Waals surface area contributed by atoms with Crippen molar-refractivity contribution >= 4 is 45.1 Å². The topological polar surface area (TPSA) is 68.3 Å². The zero-order chi connectivity index (χ0) is 17.0. The highest BCUT2D eigenvalue weighted by Crippen LogP contribution is 2.19. The molecule has 1 aromatic carbocycles. The van der Waals surface area contributed by atoms with E-state index in [2.05, 4.69) is 26.2 Å². The molecule has 23 heavy (non-hydrogen) atoms. The highest BCUT2D eigenvalue weighted by atomic mass is 79.9. The number of amides is 1. The third kappa shape index (κ3) is 4.74. The van der Waals surface area contributed by atoms with E-state index in [4.69, 9.17) is 16.3 Å². The molecule has 0 spiro atoms. The minimum Gasteiger partial charge on any atom is -0.448 e. The van der Waals surface area contributed by atoms with Crippen molar-refractivity contribution in [3.8, 4) is 0 Å². The Labute approximate surface area is 144 Å². The van der Waals surface area contributed by atoms with Gasteiger partial charge in [-0.1, -0.05) is 27.5 Å². The third-order valence-electron chi connectivity index (χ3n) is 2.77. The second-order valence-corrected chi connectivity index (χ2v) is 5.87. The lowest BCUT2D eigenvalue weighted by Gasteiger charge is -2.13. The van der Waals surface area contributed by atoms with Crippen molar-refractivity contribution < 1.29 is 18.7 Å². The van der Waals surface area contributed by atoms with Gasteiger partial charge in [0.05, 0.1) is 5.69 Å². The van der Waals surface area contributed by atoms with Crippen LogP contribution in [0, 0.1) is 5.82 Å². The maximum absolute atomic E-state index is 13.7. The molecule has 1 aromatic heterocycles. The van der Waals surface area contributed by atoms with E-state index in [0.717, 1.165) is 0 Å². The van der Waals surface area contributed by atoms with Crippen LogP contribution in [0.1, 0.15) is 17.4 Å². The van der Waals surface area contributed by atoms with Crippen LogP contribution in [0.15, 0.2) is 41.0 Å². The van der Waals surface area contributed by atoms with E-state index in [0.29, 0.717) is 9.50 Å². The summed E-state index contributed by atoms with van der Waals surface area (Å²) in [6.45, 7) is 1.37. The number of carbonyl (C=O) groups is 2. The molecule has 2 rings (SSSR count). The monoisotopic (exact) mass is 400 g/mol. The smallest absolute Gasteiger partial charge is 0.357 e. The van der Waals surface area contributed by atoms with Gasteiger partial charge >= 0.3 is 5.97 Å². The fourth-order valence-electron chi connectivity index (χ4n) is 1.62. The van der Waals surface area contributed by atoms with E-state index >= 15 is 0 Å². The summed E-state index contributed by atoms with van der Waals surface area (Å²) in [5.74, 6) is -2.07. The number of nitrogens with one attached hydrogen (secondary N) is 1. The number of rotatable bonds is 4. The van der Waals surface area contributed by atoms with Crippen molar-refractivity contribution in [2.45, 2.75) is 13.0 Å². The number of benzene rings is 1. The molecule has 1 N–H and O–H groups in total. The first-order valence-electron chi connectivity index (χ1n) is 6.45. The van der Waals surface area contributed by atoms with Gasteiger partial charge in [-0.3, -0.25) is 4.79 Å². The quantitative estimate of drug-likeness (QED) is 0.791. The van der Waals surface area contributed by atoms with Crippen molar-refractivity contribution in [3.63, 3.8) is 0 Å². The fourth-order valence-corrected chi connectivity index (χ4v) is 2.11. The second-order valence-electron chi connectivity index (χ2n) is 4.52. The summed E-state index contributed by atoms with van der Waals surface area (Å²) in [5, 5.41) is 2.67. The minimum atomic E-state index is -1.13. The molecule has 0 aliphatic carbocycles. The second kappa shape index (κ2) is 7.52. The van der Waals surface area contributed by atoms with Crippen LogP contribution in [-0.2, 0) is 9.53 Å². The van der Waals surface area contributed by atoms with E-state index in [9.17, 15) is 14.0 Å². The summed E-state index contributed by atoms with van der Waals surface area (Å²) in [6, 6.07) is 7.01. The fraction of sp³-hybridized carbons (Fsp3) is 0.133. The molecule has 0 bridgehead atoms. The Morgan fingerprint density at radius 2 is 2.09 bits per heavy atom. The average molecular weight is 402 g/mol. The van der Waals surface area contributed by atoms with Gasteiger partial charge in [-0.25, -0.2) is 14.2 Å². The number of anilines is 1. The molecule has 0 saturated carbocycles. The maximum Gasteiger partial charge on any atom is 0.357 e. The Hall–Kier alpha value is -1.99.